The van der Waals surface area contributed by atoms with Crippen LogP contribution in [0.5, 0.6) is 0 Å². The Bertz CT molecular complexity index is 805. The molecule has 1 aliphatic carbocycles. The van der Waals surface area contributed by atoms with Gasteiger partial charge in [-0.15, -0.1) is 0 Å². The van der Waals surface area contributed by atoms with E-state index in [4.69, 9.17) is 5.11 Å². The lowest BCUT2D eigenvalue weighted by atomic mass is 10.0. The second kappa shape index (κ2) is 7.90. The Morgan fingerprint density at radius 2 is 1.89 bits per heavy atom. The number of carbonyl (C=O) groups is 2. The number of carbonyl (C=O) groups excluding carboxylic acids is 1. The summed E-state index contributed by atoms with van der Waals surface area (Å²) >= 11 is 0. The average molecular weight is 376 g/mol. The van der Waals surface area contributed by atoms with Crippen LogP contribution in [0.15, 0.2) is 42.7 Å². The fourth-order valence-corrected chi connectivity index (χ4v) is 3.49. The maximum atomic E-state index is 14.4. The van der Waals surface area contributed by atoms with Crippen LogP contribution >= 0.6 is 0 Å². The lowest BCUT2D eigenvalue weighted by Crippen LogP contribution is -2.47. The quantitative estimate of drug-likeness (QED) is 0.697. The van der Waals surface area contributed by atoms with Crippen LogP contribution in [-0.2, 0) is 11.2 Å². The third kappa shape index (κ3) is 4.53. The minimum Gasteiger partial charge on any atom is -0.481 e. The number of benzene rings is 1. The normalized spacial score (nSPS) is 22.0. The number of H-pyrrole nitrogens is 1. The van der Waals surface area contributed by atoms with E-state index in [0.717, 1.165) is 11.1 Å². The van der Waals surface area contributed by atoms with E-state index in [1.54, 1.807) is 6.20 Å². The van der Waals surface area contributed by atoms with Gasteiger partial charge in [-0.3, -0.25) is 9.59 Å². The topological polar surface area (TPSA) is 82.2 Å². The molecular formula is C20H22F2N2O3. The van der Waals surface area contributed by atoms with E-state index in [9.17, 15) is 18.4 Å². The maximum Gasteiger partial charge on any atom is 0.306 e. The Morgan fingerprint density at radius 1 is 1.15 bits per heavy atom. The molecule has 0 bridgehead atoms. The van der Waals surface area contributed by atoms with E-state index in [1.807, 2.05) is 30.3 Å². The van der Waals surface area contributed by atoms with Crippen molar-refractivity contribution >= 4 is 11.9 Å². The number of aromatic nitrogens is 1. The predicted octanol–water partition coefficient (Wildman–Crippen LogP) is 3.61. The zero-order chi connectivity index (χ0) is 19.4. The lowest BCUT2D eigenvalue weighted by molar-refractivity contribution is -0.142. The first-order valence-corrected chi connectivity index (χ1v) is 8.98. The van der Waals surface area contributed by atoms with Crippen molar-refractivity contribution in [1.82, 2.24) is 10.3 Å². The predicted molar refractivity (Wildman–Crippen MR) is 95.8 cm³/mol. The molecule has 1 fully saturated rings. The smallest absolute Gasteiger partial charge is 0.306 e. The summed E-state index contributed by atoms with van der Waals surface area (Å²) in [6, 6.07) is 8.18. The van der Waals surface area contributed by atoms with Gasteiger partial charge >= 0.3 is 5.97 Å². The zero-order valence-corrected chi connectivity index (χ0v) is 14.8. The van der Waals surface area contributed by atoms with Gasteiger partial charge in [-0.05, 0) is 36.8 Å². The maximum absolute atomic E-state index is 14.4. The fourth-order valence-electron chi connectivity index (χ4n) is 3.49. The highest BCUT2D eigenvalue weighted by Crippen LogP contribution is 2.35. The number of halogens is 2. The van der Waals surface area contributed by atoms with E-state index in [2.05, 4.69) is 10.3 Å². The van der Waals surface area contributed by atoms with Gasteiger partial charge in [0, 0.05) is 18.8 Å². The van der Waals surface area contributed by atoms with Crippen molar-refractivity contribution in [3.8, 4) is 0 Å². The van der Waals surface area contributed by atoms with Gasteiger partial charge in [0.05, 0.1) is 17.5 Å². The van der Waals surface area contributed by atoms with Gasteiger partial charge in [-0.2, -0.15) is 0 Å². The number of amides is 1. The van der Waals surface area contributed by atoms with Gasteiger partial charge in [0.25, 0.3) is 11.8 Å². The number of aliphatic carboxylic acids is 1. The molecule has 0 aliphatic heterocycles. The molecule has 3 rings (SSSR count). The monoisotopic (exact) mass is 376 g/mol. The van der Waals surface area contributed by atoms with Gasteiger partial charge in [-0.1, -0.05) is 30.3 Å². The zero-order valence-electron chi connectivity index (χ0n) is 14.8. The van der Waals surface area contributed by atoms with E-state index in [-0.39, 0.29) is 19.3 Å². The van der Waals surface area contributed by atoms with Crippen LogP contribution in [0.25, 0.3) is 0 Å². The first kappa shape index (κ1) is 19.1. The van der Waals surface area contributed by atoms with Gasteiger partial charge in [-0.25, -0.2) is 8.78 Å². The molecule has 0 saturated heterocycles. The second-order valence-electron chi connectivity index (χ2n) is 6.99. The van der Waals surface area contributed by atoms with Crippen molar-refractivity contribution < 1.29 is 23.5 Å². The van der Waals surface area contributed by atoms with Crippen molar-refractivity contribution in [2.24, 2.45) is 5.92 Å². The SMILES string of the molecule is O=C(N[C@@H]1CC[C@@H](C(=O)O)CCC1(F)F)c1c[nH]cc1Cc1ccccc1. The Labute approximate surface area is 155 Å². The van der Waals surface area contributed by atoms with Crippen molar-refractivity contribution in [2.45, 2.75) is 44.1 Å². The van der Waals surface area contributed by atoms with Crippen molar-refractivity contribution in [1.29, 1.82) is 0 Å². The van der Waals surface area contributed by atoms with E-state index in [1.165, 1.54) is 6.20 Å². The van der Waals surface area contributed by atoms with Crippen LogP contribution in [0.4, 0.5) is 8.78 Å². The summed E-state index contributed by atoms with van der Waals surface area (Å²) in [6.07, 6.45) is 3.14. The molecule has 2 atom stereocenters. The summed E-state index contributed by atoms with van der Waals surface area (Å²) in [6.45, 7) is 0. The minimum absolute atomic E-state index is 0.0614. The Morgan fingerprint density at radius 3 is 2.59 bits per heavy atom. The molecule has 1 saturated carbocycles. The van der Waals surface area contributed by atoms with Crippen LogP contribution < -0.4 is 5.32 Å². The lowest BCUT2D eigenvalue weighted by Gasteiger charge is -2.25. The van der Waals surface area contributed by atoms with Crippen LogP contribution in [0.2, 0.25) is 0 Å². The number of hydrogen-bond donors (Lipinski definition) is 3. The summed E-state index contributed by atoms with van der Waals surface area (Å²) in [5.74, 6) is -5.55. The van der Waals surface area contributed by atoms with E-state index < -0.39 is 36.2 Å². The number of rotatable bonds is 5. The first-order valence-electron chi connectivity index (χ1n) is 8.98. The van der Waals surface area contributed by atoms with Gasteiger partial charge in [0.1, 0.15) is 0 Å². The number of hydrogen-bond acceptors (Lipinski definition) is 2. The van der Waals surface area contributed by atoms with Crippen molar-refractivity contribution in [3.05, 3.63) is 59.4 Å². The molecule has 144 valence electrons. The number of nitrogens with one attached hydrogen (secondary N) is 2. The third-order valence-electron chi connectivity index (χ3n) is 5.11. The molecule has 2 aromatic rings. The number of carboxylic acids is 1. The second-order valence-corrected chi connectivity index (χ2v) is 6.99. The molecule has 27 heavy (non-hydrogen) atoms. The standard InChI is InChI=1S/C20H22F2N2O3/c21-20(22)9-8-14(19(26)27)6-7-17(20)24-18(25)16-12-23-11-15(16)10-13-4-2-1-3-5-13/h1-5,11-12,14,17,23H,6-10H2,(H,24,25)(H,26,27)/t14-,17-/m1/s1. The molecule has 3 N–H and O–H groups in total. The van der Waals surface area contributed by atoms with Crippen LogP contribution in [0.3, 0.4) is 0 Å². The van der Waals surface area contributed by atoms with Crippen LogP contribution in [-0.4, -0.2) is 33.9 Å². The molecule has 0 spiro atoms. The molecule has 5 nitrogen and oxygen atoms in total. The number of aromatic amines is 1. The first-order chi connectivity index (χ1) is 12.9. The van der Waals surface area contributed by atoms with Gasteiger partial charge < -0.3 is 15.4 Å². The van der Waals surface area contributed by atoms with Gasteiger partial charge in [0.2, 0.25) is 0 Å². The van der Waals surface area contributed by atoms with Crippen LogP contribution in [0, 0.1) is 5.92 Å². The van der Waals surface area contributed by atoms with Gasteiger partial charge in [0.15, 0.2) is 0 Å². The molecule has 1 amide bonds. The molecular weight excluding hydrogens is 354 g/mol. The molecule has 7 heteroatoms. The summed E-state index contributed by atoms with van der Waals surface area (Å²) in [5, 5.41) is 11.5. The number of carboxylic acid groups (broad SMARTS) is 1. The van der Waals surface area contributed by atoms with E-state index >= 15 is 0 Å². The summed E-state index contributed by atoms with van der Waals surface area (Å²) in [5.41, 5.74) is 2.06. The average Bonchev–Trinajstić information content (AvgIpc) is 3.03. The fraction of sp³-hybridized carbons (Fsp3) is 0.400. The molecule has 1 aromatic carbocycles. The largest absolute Gasteiger partial charge is 0.481 e. The molecule has 0 radical (unpaired) electrons. The third-order valence-corrected chi connectivity index (χ3v) is 5.11. The van der Waals surface area contributed by atoms with Crippen molar-refractivity contribution in [2.75, 3.05) is 0 Å². The Kier molecular flexibility index (Phi) is 5.58. The summed E-state index contributed by atoms with van der Waals surface area (Å²) < 4.78 is 28.8. The molecule has 1 aliphatic rings. The molecule has 1 aromatic heterocycles. The van der Waals surface area contributed by atoms with Crippen molar-refractivity contribution in [3.63, 3.8) is 0 Å². The summed E-state index contributed by atoms with van der Waals surface area (Å²) in [7, 11) is 0. The highest BCUT2D eigenvalue weighted by Gasteiger charge is 2.44. The Hall–Kier alpha value is -2.70. The molecule has 1 heterocycles. The Balaban J connectivity index is 1.71. The highest BCUT2D eigenvalue weighted by atomic mass is 19.3. The highest BCUT2D eigenvalue weighted by molar-refractivity contribution is 5.96. The number of alkyl halides is 2. The molecule has 0 unspecified atom stereocenters. The van der Waals surface area contributed by atoms with Crippen LogP contribution in [0.1, 0.15) is 47.2 Å². The minimum atomic E-state index is -3.13. The van der Waals surface area contributed by atoms with E-state index in [0.29, 0.717) is 12.0 Å². The summed E-state index contributed by atoms with van der Waals surface area (Å²) in [4.78, 5) is 26.6.